The van der Waals surface area contributed by atoms with Crippen LogP contribution in [0, 0.1) is 0 Å². The van der Waals surface area contributed by atoms with Crippen LogP contribution in [0.3, 0.4) is 0 Å². The molecule has 4 heteroatoms. The summed E-state index contributed by atoms with van der Waals surface area (Å²) in [6.45, 7) is 4.06. The number of rotatable bonds is 4. The van der Waals surface area contributed by atoms with Crippen molar-refractivity contribution in [1.29, 1.82) is 0 Å². The fourth-order valence-electron chi connectivity index (χ4n) is 2.19. The molecule has 18 heavy (non-hydrogen) atoms. The molecule has 1 fully saturated rings. The van der Waals surface area contributed by atoms with Crippen molar-refractivity contribution in [3.8, 4) is 0 Å². The molecule has 0 spiro atoms. The number of hydrogen-bond donors (Lipinski definition) is 0. The summed E-state index contributed by atoms with van der Waals surface area (Å²) in [4.78, 5) is 18.2. The summed E-state index contributed by atoms with van der Waals surface area (Å²) in [6, 6.07) is 3.88. The summed E-state index contributed by atoms with van der Waals surface area (Å²) in [5.41, 5.74) is 1.11. The molecule has 1 aromatic heterocycles. The van der Waals surface area contributed by atoms with Crippen molar-refractivity contribution in [1.82, 2.24) is 9.88 Å². The second kappa shape index (κ2) is 6.50. The Kier molecular flexibility index (Phi) is 4.70. The van der Waals surface area contributed by atoms with Gasteiger partial charge in [-0.25, -0.2) is 0 Å². The Morgan fingerprint density at radius 3 is 2.83 bits per heavy atom. The number of amides is 1. The third kappa shape index (κ3) is 3.29. The molecule has 1 amide bonds. The average Bonchev–Trinajstić information content (AvgIpc) is 2.46. The molecule has 0 aliphatic carbocycles. The molecule has 1 aliphatic heterocycles. The molecule has 4 nitrogen and oxygen atoms in total. The topological polar surface area (TPSA) is 42.4 Å². The lowest BCUT2D eigenvalue weighted by Gasteiger charge is -2.28. The number of ether oxygens (including phenoxy) is 1. The first-order chi connectivity index (χ1) is 8.81. The maximum absolute atomic E-state index is 12.3. The number of hydrogen-bond acceptors (Lipinski definition) is 3. The first-order valence-electron chi connectivity index (χ1n) is 6.60. The molecule has 1 atom stereocenters. The Hall–Kier alpha value is -1.42. The van der Waals surface area contributed by atoms with E-state index in [4.69, 9.17) is 4.74 Å². The van der Waals surface area contributed by atoms with Gasteiger partial charge >= 0.3 is 0 Å². The van der Waals surface area contributed by atoms with Crippen molar-refractivity contribution in [2.45, 2.75) is 38.8 Å². The van der Waals surface area contributed by atoms with Crippen molar-refractivity contribution >= 4 is 5.91 Å². The van der Waals surface area contributed by atoms with Gasteiger partial charge in [-0.2, -0.15) is 0 Å². The minimum Gasteiger partial charge on any atom is -0.368 e. The fraction of sp³-hybridized carbons (Fsp3) is 0.571. The number of aromatic nitrogens is 1. The molecule has 0 unspecified atom stereocenters. The Morgan fingerprint density at radius 2 is 2.22 bits per heavy atom. The van der Waals surface area contributed by atoms with Crippen LogP contribution < -0.4 is 0 Å². The molecular formula is C14H20N2O2. The molecule has 2 rings (SSSR count). The summed E-state index contributed by atoms with van der Waals surface area (Å²) in [5, 5.41) is 0. The fourth-order valence-corrected chi connectivity index (χ4v) is 2.19. The van der Waals surface area contributed by atoms with E-state index in [1.807, 2.05) is 24.0 Å². The van der Waals surface area contributed by atoms with Crippen molar-refractivity contribution in [2.24, 2.45) is 0 Å². The molecule has 1 saturated heterocycles. The van der Waals surface area contributed by atoms with Crippen molar-refractivity contribution < 1.29 is 9.53 Å². The number of carbonyl (C=O) groups is 1. The minimum atomic E-state index is -0.236. The quantitative estimate of drug-likeness (QED) is 0.818. The number of likely N-dealkylation sites (N-methyl/N-ethyl adjacent to an activating group) is 1. The minimum absolute atomic E-state index is 0.119. The number of pyridine rings is 1. The highest BCUT2D eigenvalue weighted by molar-refractivity contribution is 5.81. The van der Waals surface area contributed by atoms with Gasteiger partial charge in [-0.05, 0) is 43.9 Å². The standard InChI is InChI=1S/C14H20N2O2/c1-2-16(11-12-6-8-15-9-7-12)14(17)13-5-3-4-10-18-13/h6-9,13H,2-5,10-11H2,1H3/t13-/m1/s1. The Morgan fingerprint density at radius 1 is 1.44 bits per heavy atom. The largest absolute Gasteiger partial charge is 0.368 e. The van der Waals surface area contributed by atoms with Gasteiger partial charge < -0.3 is 9.64 Å². The van der Waals surface area contributed by atoms with Gasteiger partial charge in [0.15, 0.2) is 0 Å². The van der Waals surface area contributed by atoms with Crippen LogP contribution >= 0.6 is 0 Å². The van der Waals surface area contributed by atoms with Crippen molar-refractivity contribution in [3.05, 3.63) is 30.1 Å². The molecule has 0 bridgehead atoms. The lowest BCUT2D eigenvalue weighted by molar-refractivity contribution is -0.146. The molecule has 98 valence electrons. The van der Waals surface area contributed by atoms with E-state index in [1.165, 1.54) is 0 Å². The molecule has 1 aromatic rings. The summed E-state index contributed by atoms with van der Waals surface area (Å²) in [5.74, 6) is 0.119. The van der Waals surface area contributed by atoms with E-state index in [0.29, 0.717) is 19.7 Å². The second-order valence-corrected chi connectivity index (χ2v) is 4.56. The van der Waals surface area contributed by atoms with Crippen molar-refractivity contribution in [2.75, 3.05) is 13.2 Å². The van der Waals surface area contributed by atoms with Gasteiger partial charge in [0.05, 0.1) is 0 Å². The van der Waals surface area contributed by atoms with Gasteiger partial charge in [0.1, 0.15) is 6.10 Å². The molecule has 2 heterocycles. The van der Waals surface area contributed by atoms with E-state index in [9.17, 15) is 4.79 Å². The second-order valence-electron chi connectivity index (χ2n) is 4.56. The molecule has 0 radical (unpaired) electrons. The Bertz CT molecular complexity index is 375. The maximum Gasteiger partial charge on any atom is 0.251 e. The first-order valence-corrected chi connectivity index (χ1v) is 6.60. The highest BCUT2D eigenvalue weighted by Gasteiger charge is 2.26. The highest BCUT2D eigenvalue weighted by Crippen LogP contribution is 2.16. The zero-order valence-electron chi connectivity index (χ0n) is 10.8. The van der Waals surface area contributed by atoms with Gasteiger partial charge in [0.25, 0.3) is 5.91 Å². The number of nitrogens with zero attached hydrogens (tertiary/aromatic N) is 2. The number of carbonyl (C=O) groups excluding carboxylic acids is 1. The van der Waals surface area contributed by atoms with Gasteiger partial charge in [-0.1, -0.05) is 0 Å². The van der Waals surface area contributed by atoms with E-state index < -0.39 is 0 Å². The zero-order chi connectivity index (χ0) is 12.8. The first kappa shape index (κ1) is 13.0. The lowest BCUT2D eigenvalue weighted by Crippen LogP contribution is -2.41. The van der Waals surface area contributed by atoms with E-state index >= 15 is 0 Å². The Labute approximate surface area is 108 Å². The summed E-state index contributed by atoms with van der Waals surface area (Å²) < 4.78 is 5.56. The van der Waals surface area contributed by atoms with E-state index in [2.05, 4.69) is 4.98 Å². The van der Waals surface area contributed by atoms with Crippen LogP contribution in [-0.4, -0.2) is 35.0 Å². The monoisotopic (exact) mass is 248 g/mol. The summed E-state index contributed by atoms with van der Waals surface area (Å²) >= 11 is 0. The summed E-state index contributed by atoms with van der Waals surface area (Å²) in [7, 11) is 0. The zero-order valence-corrected chi connectivity index (χ0v) is 10.8. The third-order valence-corrected chi connectivity index (χ3v) is 3.27. The molecule has 0 saturated carbocycles. The van der Waals surface area contributed by atoms with Crippen LogP contribution in [0.25, 0.3) is 0 Å². The van der Waals surface area contributed by atoms with Crippen molar-refractivity contribution in [3.63, 3.8) is 0 Å². The molecule has 0 aromatic carbocycles. The third-order valence-electron chi connectivity index (χ3n) is 3.27. The SMILES string of the molecule is CCN(Cc1ccncc1)C(=O)[C@H]1CCCCO1. The van der Waals surface area contributed by atoms with Crippen LogP contribution in [0.1, 0.15) is 31.7 Å². The van der Waals surface area contributed by atoms with Crippen LogP contribution in [0.2, 0.25) is 0 Å². The van der Waals surface area contributed by atoms with Gasteiger partial charge in [0.2, 0.25) is 0 Å². The summed E-state index contributed by atoms with van der Waals surface area (Å²) in [6.07, 6.45) is 6.28. The van der Waals surface area contributed by atoms with Gasteiger partial charge in [0, 0.05) is 32.1 Å². The van der Waals surface area contributed by atoms with E-state index in [1.54, 1.807) is 12.4 Å². The normalized spacial score (nSPS) is 19.5. The average molecular weight is 248 g/mol. The molecular weight excluding hydrogens is 228 g/mol. The smallest absolute Gasteiger partial charge is 0.251 e. The molecule has 0 N–H and O–H groups in total. The van der Waals surface area contributed by atoms with Crippen LogP contribution in [-0.2, 0) is 16.1 Å². The Balaban J connectivity index is 1.97. The van der Waals surface area contributed by atoms with Crippen LogP contribution in [0.4, 0.5) is 0 Å². The highest BCUT2D eigenvalue weighted by atomic mass is 16.5. The van der Waals surface area contributed by atoms with E-state index in [-0.39, 0.29) is 12.0 Å². The van der Waals surface area contributed by atoms with Gasteiger partial charge in [-0.3, -0.25) is 9.78 Å². The molecule has 1 aliphatic rings. The lowest BCUT2D eigenvalue weighted by atomic mass is 10.1. The van der Waals surface area contributed by atoms with Gasteiger partial charge in [-0.15, -0.1) is 0 Å². The van der Waals surface area contributed by atoms with Crippen LogP contribution in [0.15, 0.2) is 24.5 Å². The predicted molar refractivity (Wildman–Crippen MR) is 68.9 cm³/mol. The van der Waals surface area contributed by atoms with E-state index in [0.717, 1.165) is 24.8 Å². The van der Waals surface area contributed by atoms with Crippen LogP contribution in [0.5, 0.6) is 0 Å². The maximum atomic E-state index is 12.3. The predicted octanol–water partition coefficient (Wildman–Crippen LogP) is 2.00.